The number of aryl methyl sites for hydroxylation is 1. The largest absolute Gasteiger partial charge is 0.457 e. The molecule has 0 aromatic heterocycles. The zero-order valence-electron chi connectivity index (χ0n) is 10.3. The first-order valence-electron chi connectivity index (χ1n) is 5.53. The lowest BCUT2D eigenvalue weighted by molar-refractivity contribution is 0.478. The van der Waals surface area contributed by atoms with Gasteiger partial charge >= 0.3 is 0 Å². The highest BCUT2D eigenvalue weighted by Crippen LogP contribution is 2.27. The van der Waals surface area contributed by atoms with Crippen LogP contribution in [0, 0.1) is 6.92 Å². The zero-order chi connectivity index (χ0) is 14.0. The lowest BCUT2D eigenvalue weighted by atomic mass is 10.2. The van der Waals surface area contributed by atoms with E-state index in [0.717, 1.165) is 5.56 Å². The van der Waals surface area contributed by atoms with Crippen LogP contribution in [0.25, 0.3) is 0 Å². The lowest BCUT2D eigenvalue weighted by Gasteiger charge is -2.09. The summed E-state index contributed by atoms with van der Waals surface area (Å²) in [7, 11) is -3.68. The summed E-state index contributed by atoms with van der Waals surface area (Å²) < 4.78 is 27.9. The Kier molecular flexibility index (Phi) is 3.46. The molecular formula is C13H14N2O3S. The van der Waals surface area contributed by atoms with E-state index in [4.69, 9.17) is 15.6 Å². The number of anilines is 1. The number of nitrogen functional groups attached to an aromatic ring is 1. The molecule has 100 valence electrons. The summed E-state index contributed by atoms with van der Waals surface area (Å²) in [6, 6.07) is 11.2. The van der Waals surface area contributed by atoms with Crippen LogP contribution in [0.1, 0.15) is 5.56 Å². The third kappa shape index (κ3) is 3.24. The van der Waals surface area contributed by atoms with Gasteiger partial charge in [0.1, 0.15) is 11.5 Å². The molecule has 5 nitrogen and oxygen atoms in total. The molecule has 2 aromatic carbocycles. The highest BCUT2D eigenvalue weighted by Gasteiger charge is 2.08. The van der Waals surface area contributed by atoms with Gasteiger partial charge < -0.3 is 10.5 Å². The summed E-state index contributed by atoms with van der Waals surface area (Å²) >= 11 is 0. The van der Waals surface area contributed by atoms with Crippen molar-refractivity contribution in [3.63, 3.8) is 0 Å². The third-order valence-corrected chi connectivity index (χ3v) is 3.51. The van der Waals surface area contributed by atoms with Crippen LogP contribution in [-0.4, -0.2) is 8.42 Å². The number of hydrogen-bond donors (Lipinski definition) is 2. The minimum absolute atomic E-state index is 0.0499. The lowest BCUT2D eigenvalue weighted by Crippen LogP contribution is -2.11. The van der Waals surface area contributed by atoms with Crippen molar-refractivity contribution in [2.24, 2.45) is 5.14 Å². The standard InChI is InChI=1S/C13H14N2O3S/c1-9-8-10(14)2-7-13(9)18-11-3-5-12(6-4-11)19(15,16)17/h2-8H,14H2,1H3,(H2,15,16,17). The first-order chi connectivity index (χ1) is 8.86. The minimum atomic E-state index is -3.68. The molecule has 0 radical (unpaired) electrons. The van der Waals surface area contributed by atoms with Gasteiger partial charge in [0.05, 0.1) is 4.90 Å². The van der Waals surface area contributed by atoms with Gasteiger partial charge in [0, 0.05) is 5.69 Å². The van der Waals surface area contributed by atoms with Crippen molar-refractivity contribution in [3.8, 4) is 11.5 Å². The molecule has 19 heavy (non-hydrogen) atoms. The molecule has 0 unspecified atom stereocenters. The maximum atomic E-state index is 11.1. The van der Waals surface area contributed by atoms with Gasteiger partial charge in [0.2, 0.25) is 10.0 Å². The van der Waals surface area contributed by atoms with Crippen molar-refractivity contribution < 1.29 is 13.2 Å². The van der Waals surface area contributed by atoms with Crippen molar-refractivity contribution in [3.05, 3.63) is 48.0 Å². The summed E-state index contributed by atoms with van der Waals surface area (Å²) in [5.41, 5.74) is 7.21. The van der Waals surface area contributed by atoms with E-state index in [-0.39, 0.29) is 4.90 Å². The van der Waals surface area contributed by atoms with Crippen LogP contribution in [0.4, 0.5) is 5.69 Å². The molecule has 0 aliphatic carbocycles. The quantitative estimate of drug-likeness (QED) is 0.839. The summed E-state index contributed by atoms with van der Waals surface area (Å²) in [6.07, 6.45) is 0. The van der Waals surface area contributed by atoms with E-state index in [1.165, 1.54) is 12.1 Å². The Balaban J connectivity index is 2.25. The normalized spacial score (nSPS) is 11.3. The number of hydrogen-bond acceptors (Lipinski definition) is 4. The topological polar surface area (TPSA) is 95.4 Å². The molecule has 0 aliphatic rings. The van der Waals surface area contributed by atoms with Crippen LogP contribution < -0.4 is 15.6 Å². The van der Waals surface area contributed by atoms with Crippen LogP contribution in [0.2, 0.25) is 0 Å². The number of rotatable bonds is 3. The van der Waals surface area contributed by atoms with Crippen molar-refractivity contribution in [1.29, 1.82) is 0 Å². The fourth-order valence-electron chi connectivity index (χ4n) is 1.61. The third-order valence-electron chi connectivity index (χ3n) is 2.58. The second-order valence-corrected chi connectivity index (χ2v) is 5.70. The van der Waals surface area contributed by atoms with Crippen molar-refractivity contribution in [2.75, 3.05) is 5.73 Å². The molecule has 0 atom stereocenters. The molecule has 0 aliphatic heterocycles. The Morgan fingerprint density at radius 3 is 2.21 bits per heavy atom. The van der Waals surface area contributed by atoms with E-state index >= 15 is 0 Å². The minimum Gasteiger partial charge on any atom is -0.457 e. The van der Waals surface area contributed by atoms with Crippen LogP contribution >= 0.6 is 0 Å². The number of ether oxygens (including phenoxy) is 1. The predicted molar refractivity (Wildman–Crippen MR) is 73.5 cm³/mol. The maximum Gasteiger partial charge on any atom is 0.238 e. The molecule has 0 fully saturated rings. The molecule has 4 N–H and O–H groups in total. The Hall–Kier alpha value is -2.05. The predicted octanol–water partition coefficient (Wildman–Crippen LogP) is 2.02. The SMILES string of the molecule is Cc1cc(N)ccc1Oc1ccc(S(N)(=O)=O)cc1. The van der Waals surface area contributed by atoms with E-state index in [2.05, 4.69) is 0 Å². The van der Waals surface area contributed by atoms with Gasteiger partial charge in [-0.15, -0.1) is 0 Å². The van der Waals surface area contributed by atoms with Crippen LogP contribution in [-0.2, 0) is 10.0 Å². The van der Waals surface area contributed by atoms with E-state index in [1.807, 2.05) is 6.92 Å². The van der Waals surface area contributed by atoms with E-state index in [0.29, 0.717) is 17.2 Å². The molecule has 2 rings (SSSR count). The first-order valence-corrected chi connectivity index (χ1v) is 7.08. The number of primary sulfonamides is 1. The summed E-state index contributed by atoms with van der Waals surface area (Å²) in [5.74, 6) is 1.19. The van der Waals surface area contributed by atoms with E-state index < -0.39 is 10.0 Å². The first kappa shape index (κ1) is 13.4. The molecular weight excluding hydrogens is 264 g/mol. The van der Waals surface area contributed by atoms with Gasteiger partial charge in [0.25, 0.3) is 0 Å². The molecule has 0 spiro atoms. The van der Waals surface area contributed by atoms with Crippen LogP contribution in [0.15, 0.2) is 47.4 Å². The summed E-state index contributed by atoms with van der Waals surface area (Å²) in [4.78, 5) is 0.0499. The Labute approximate surface area is 111 Å². The van der Waals surface area contributed by atoms with Crippen molar-refractivity contribution >= 4 is 15.7 Å². The number of nitrogens with two attached hydrogens (primary N) is 2. The second-order valence-electron chi connectivity index (χ2n) is 4.14. The zero-order valence-corrected chi connectivity index (χ0v) is 11.1. The molecule has 0 bridgehead atoms. The molecule has 0 saturated heterocycles. The van der Waals surface area contributed by atoms with Gasteiger partial charge in [-0.2, -0.15) is 0 Å². The monoisotopic (exact) mass is 278 g/mol. The highest BCUT2D eigenvalue weighted by molar-refractivity contribution is 7.89. The highest BCUT2D eigenvalue weighted by atomic mass is 32.2. The fraction of sp³-hybridized carbons (Fsp3) is 0.0769. The summed E-state index contributed by atoms with van der Waals surface area (Å²) in [5, 5.41) is 5.02. The van der Waals surface area contributed by atoms with Crippen molar-refractivity contribution in [1.82, 2.24) is 0 Å². The Bertz CT molecular complexity index is 694. The van der Waals surface area contributed by atoms with Crippen LogP contribution in [0.5, 0.6) is 11.5 Å². The van der Waals surface area contributed by atoms with E-state index in [1.54, 1.807) is 30.3 Å². The second kappa shape index (κ2) is 4.91. The number of benzene rings is 2. The fourth-order valence-corrected chi connectivity index (χ4v) is 2.13. The molecule has 2 aromatic rings. The summed E-state index contributed by atoms with van der Waals surface area (Å²) in [6.45, 7) is 1.88. The molecule has 6 heteroatoms. The van der Waals surface area contributed by atoms with Gasteiger partial charge in [-0.25, -0.2) is 13.6 Å². The van der Waals surface area contributed by atoms with Crippen LogP contribution in [0.3, 0.4) is 0 Å². The van der Waals surface area contributed by atoms with Gasteiger partial charge in [0.15, 0.2) is 0 Å². The molecule has 0 saturated carbocycles. The van der Waals surface area contributed by atoms with Gasteiger partial charge in [-0.3, -0.25) is 0 Å². The number of sulfonamides is 1. The van der Waals surface area contributed by atoms with Gasteiger partial charge in [-0.1, -0.05) is 0 Å². The van der Waals surface area contributed by atoms with E-state index in [9.17, 15) is 8.42 Å². The Morgan fingerprint density at radius 2 is 1.68 bits per heavy atom. The maximum absolute atomic E-state index is 11.1. The molecule has 0 amide bonds. The smallest absolute Gasteiger partial charge is 0.238 e. The average molecular weight is 278 g/mol. The van der Waals surface area contributed by atoms with Crippen molar-refractivity contribution in [2.45, 2.75) is 11.8 Å². The molecule has 0 heterocycles. The average Bonchev–Trinajstić information content (AvgIpc) is 2.32. The van der Waals surface area contributed by atoms with Gasteiger partial charge in [-0.05, 0) is 55.0 Å². The Morgan fingerprint density at radius 1 is 1.05 bits per heavy atom.